The number of nitrogens with one attached hydrogen (secondary N) is 2. The van der Waals surface area contributed by atoms with E-state index in [1.165, 1.54) is 18.0 Å². The molecule has 2 aromatic rings. The maximum Gasteiger partial charge on any atom is 0.244 e. The number of aromatic amines is 1. The number of hydrogen-bond donors (Lipinski definition) is 2. The van der Waals surface area contributed by atoms with Crippen molar-refractivity contribution in [2.45, 2.75) is 13.3 Å². The number of rotatable bonds is 5. The topological polar surface area (TPSA) is 70.7 Å². The molecule has 0 aliphatic carbocycles. The highest BCUT2D eigenvalue weighted by molar-refractivity contribution is 9.10. The second-order valence-corrected chi connectivity index (χ2v) is 5.19. The van der Waals surface area contributed by atoms with Gasteiger partial charge in [-0.1, -0.05) is 28.1 Å². The average Bonchev–Trinajstić information content (AvgIpc) is 2.91. The predicted molar refractivity (Wildman–Crippen MR) is 81.0 cm³/mol. The number of aryl methyl sites for hydroxylation is 1. The first-order valence-corrected chi connectivity index (χ1v) is 7.01. The molecule has 0 aliphatic heterocycles. The van der Waals surface area contributed by atoms with Gasteiger partial charge in [-0.3, -0.25) is 9.89 Å². The molecule has 0 saturated heterocycles. The Bertz CT molecular complexity index is 608. The molecule has 0 bridgehead atoms. The monoisotopic (exact) mass is 334 g/mol. The van der Waals surface area contributed by atoms with Gasteiger partial charge in [0.15, 0.2) is 0 Å². The van der Waals surface area contributed by atoms with Crippen molar-refractivity contribution in [2.75, 3.05) is 6.54 Å². The third kappa shape index (κ3) is 4.31. The molecule has 1 amide bonds. The summed E-state index contributed by atoms with van der Waals surface area (Å²) < 4.78 is 0.975. The predicted octanol–water partition coefficient (Wildman–Crippen LogP) is 2.25. The van der Waals surface area contributed by atoms with Gasteiger partial charge in [0, 0.05) is 23.5 Å². The summed E-state index contributed by atoms with van der Waals surface area (Å²) in [6.07, 6.45) is 5.39. The lowest BCUT2D eigenvalue weighted by atomic mass is 10.1. The molecule has 0 atom stereocenters. The lowest BCUT2D eigenvalue weighted by molar-refractivity contribution is -0.116. The van der Waals surface area contributed by atoms with Gasteiger partial charge in [0.05, 0.1) is 0 Å². The van der Waals surface area contributed by atoms with E-state index in [1.807, 2.05) is 25.1 Å². The highest BCUT2D eigenvalue weighted by atomic mass is 79.9. The van der Waals surface area contributed by atoms with Crippen molar-refractivity contribution in [3.05, 3.63) is 52.0 Å². The summed E-state index contributed by atoms with van der Waals surface area (Å²) in [7, 11) is 0. The standard InChI is InChI=1S/C14H15BrN4O/c1-10-2-3-11(12(15)8-10)4-5-14(20)16-7-6-13-17-9-18-19-13/h2-5,8-9H,6-7H2,1H3,(H,16,20)(H,17,18,19). The summed E-state index contributed by atoms with van der Waals surface area (Å²) in [4.78, 5) is 15.6. The summed E-state index contributed by atoms with van der Waals surface area (Å²) in [6.45, 7) is 2.54. The molecule has 0 saturated carbocycles. The van der Waals surface area contributed by atoms with Gasteiger partial charge < -0.3 is 5.32 Å². The molecule has 0 unspecified atom stereocenters. The quantitative estimate of drug-likeness (QED) is 0.824. The Kier molecular flexibility index (Phi) is 5.06. The molecule has 0 fully saturated rings. The van der Waals surface area contributed by atoms with Gasteiger partial charge in [-0.25, -0.2) is 4.98 Å². The number of amides is 1. The second kappa shape index (κ2) is 7.00. The van der Waals surface area contributed by atoms with Gasteiger partial charge in [0.25, 0.3) is 0 Å². The molecule has 1 aromatic carbocycles. The fraction of sp³-hybridized carbons (Fsp3) is 0.214. The minimum atomic E-state index is -0.128. The van der Waals surface area contributed by atoms with E-state index in [2.05, 4.69) is 36.4 Å². The van der Waals surface area contributed by atoms with Gasteiger partial charge in [0.2, 0.25) is 5.91 Å². The Hall–Kier alpha value is -1.95. The Morgan fingerprint density at radius 1 is 1.50 bits per heavy atom. The van der Waals surface area contributed by atoms with Crippen LogP contribution >= 0.6 is 15.9 Å². The summed E-state index contributed by atoms with van der Waals surface area (Å²) in [5, 5.41) is 9.28. The molecule has 5 nitrogen and oxygen atoms in total. The maximum absolute atomic E-state index is 11.7. The van der Waals surface area contributed by atoms with Crippen LogP contribution in [0.25, 0.3) is 6.08 Å². The van der Waals surface area contributed by atoms with E-state index < -0.39 is 0 Å². The largest absolute Gasteiger partial charge is 0.352 e. The second-order valence-electron chi connectivity index (χ2n) is 4.33. The molecule has 20 heavy (non-hydrogen) atoms. The van der Waals surface area contributed by atoms with E-state index >= 15 is 0 Å². The molecular weight excluding hydrogens is 320 g/mol. The number of carbonyl (C=O) groups excluding carboxylic acids is 1. The normalized spacial score (nSPS) is 10.9. The van der Waals surface area contributed by atoms with Crippen LogP contribution in [0.2, 0.25) is 0 Å². The van der Waals surface area contributed by atoms with Crippen LogP contribution in [-0.2, 0) is 11.2 Å². The van der Waals surface area contributed by atoms with Crippen LogP contribution < -0.4 is 5.32 Å². The van der Waals surface area contributed by atoms with Crippen molar-refractivity contribution in [3.8, 4) is 0 Å². The zero-order valence-corrected chi connectivity index (χ0v) is 12.6. The van der Waals surface area contributed by atoms with Crippen LogP contribution in [0.4, 0.5) is 0 Å². The number of nitrogens with zero attached hydrogens (tertiary/aromatic N) is 2. The zero-order valence-electron chi connectivity index (χ0n) is 11.1. The average molecular weight is 335 g/mol. The van der Waals surface area contributed by atoms with E-state index in [0.29, 0.717) is 13.0 Å². The van der Waals surface area contributed by atoms with Gasteiger partial charge >= 0.3 is 0 Å². The smallest absolute Gasteiger partial charge is 0.244 e. The first kappa shape index (κ1) is 14.5. The van der Waals surface area contributed by atoms with Crippen molar-refractivity contribution < 1.29 is 4.79 Å². The van der Waals surface area contributed by atoms with Gasteiger partial charge in [0.1, 0.15) is 12.2 Å². The first-order valence-electron chi connectivity index (χ1n) is 6.21. The molecule has 0 aliphatic rings. The van der Waals surface area contributed by atoms with E-state index in [0.717, 1.165) is 15.9 Å². The SMILES string of the molecule is Cc1ccc(C=CC(=O)NCCc2ncn[nH]2)c(Br)c1. The summed E-state index contributed by atoms with van der Waals surface area (Å²) in [5.74, 6) is 0.632. The number of carbonyl (C=O) groups is 1. The molecule has 1 aromatic heterocycles. The zero-order chi connectivity index (χ0) is 14.4. The Morgan fingerprint density at radius 2 is 2.35 bits per heavy atom. The van der Waals surface area contributed by atoms with Crippen LogP contribution in [0.1, 0.15) is 17.0 Å². The minimum absolute atomic E-state index is 0.128. The Morgan fingerprint density at radius 3 is 3.05 bits per heavy atom. The van der Waals surface area contributed by atoms with E-state index in [4.69, 9.17) is 0 Å². The third-order valence-corrected chi connectivity index (χ3v) is 3.38. The number of benzene rings is 1. The number of aromatic nitrogens is 3. The van der Waals surface area contributed by atoms with Crippen LogP contribution in [0.15, 0.2) is 35.1 Å². The van der Waals surface area contributed by atoms with E-state index in [-0.39, 0.29) is 5.91 Å². The van der Waals surface area contributed by atoms with Crippen molar-refractivity contribution in [2.24, 2.45) is 0 Å². The molecule has 2 rings (SSSR count). The Labute approximate surface area is 125 Å². The molecule has 104 valence electrons. The summed E-state index contributed by atoms with van der Waals surface area (Å²) >= 11 is 3.47. The van der Waals surface area contributed by atoms with E-state index in [1.54, 1.807) is 6.08 Å². The van der Waals surface area contributed by atoms with Crippen LogP contribution in [0.3, 0.4) is 0 Å². The van der Waals surface area contributed by atoms with Crippen molar-refractivity contribution >= 4 is 27.9 Å². The highest BCUT2D eigenvalue weighted by Crippen LogP contribution is 2.19. The molecule has 2 N–H and O–H groups in total. The van der Waals surface area contributed by atoms with Gasteiger partial charge in [-0.2, -0.15) is 5.10 Å². The fourth-order valence-corrected chi connectivity index (χ4v) is 2.27. The molecular formula is C14H15BrN4O. The van der Waals surface area contributed by atoms with Crippen molar-refractivity contribution in [1.82, 2.24) is 20.5 Å². The maximum atomic E-state index is 11.7. The van der Waals surface area contributed by atoms with Gasteiger partial charge in [-0.15, -0.1) is 0 Å². The van der Waals surface area contributed by atoms with Crippen LogP contribution in [0, 0.1) is 6.92 Å². The summed E-state index contributed by atoms with van der Waals surface area (Å²) in [5.41, 5.74) is 2.14. The number of halogens is 1. The molecule has 0 spiro atoms. The Balaban J connectivity index is 1.83. The molecule has 6 heteroatoms. The number of hydrogen-bond acceptors (Lipinski definition) is 3. The van der Waals surface area contributed by atoms with E-state index in [9.17, 15) is 4.79 Å². The van der Waals surface area contributed by atoms with Crippen molar-refractivity contribution in [3.63, 3.8) is 0 Å². The summed E-state index contributed by atoms with van der Waals surface area (Å²) in [6, 6.07) is 5.99. The highest BCUT2D eigenvalue weighted by Gasteiger charge is 2.00. The third-order valence-electron chi connectivity index (χ3n) is 2.70. The van der Waals surface area contributed by atoms with Gasteiger partial charge in [-0.05, 0) is 30.2 Å². The van der Waals surface area contributed by atoms with Crippen LogP contribution in [0.5, 0.6) is 0 Å². The minimum Gasteiger partial charge on any atom is -0.352 e. The molecule has 0 radical (unpaired) electrons. The van der Waals surface area contributed by atoms with Crippen LogP contribution in [-0.4, -0.2) is 27.6 Å². The fourth-order valence-electron chi connectivity index (χ4n) is 1.65. The van der Waals surface area contributed by atoms with Crippen molar-refractivity contribution in [1.29, 1.82) is 0 Å². The molecule has 1 heterocycles. The lowest BCUT2D eigenvalue weighted by Crippen LogP contribution is -2.23. The number of H-pyrrole nitrogens is 1. The first-order chi connectivity index (χ1) is 9.65. The lowest BCUT2D eigenvalue weighted by Gasteiger charge is -2.01.